The summed E-state index contributed by atoms with van der Waals surface area (Å²) in [7, 11) is 0. The molecule has 3 aliphatic heterocycles. The Morgan fingerprint density at radius 1 is 1.10 bits per heavy atom. The second kappa shape index (κ2) is 7.74. The van der Waals surface area contributed by atoms with Crippen molar-refractivity contribution in [2.45, 2.75) is 76.4 Å². The standard InChI is InChI=1S/C22H32N4O3/c1-15-21(23-14-29-15)22(28)25-11-8-18-19(25)12-20(27)26(18)13-16-6-9-24(10-7-16)17-4-2-3-5-17/h14,16-19H,2-13H2,1H3/t18-,19-/m0/s1. The molecule has 4 heterocycles. The van der Waals surface area contributed by atoms with Gasteiger partial charge in [0.1, 0.15) is 5.76 Å². The van der Waals surface area contributed by atoms with E-state index in [9.17, 15) is 9.59 Å². The fraction of sp³-hybridized carbons (Fsp3) is 0.773. The molecule has 158 valence electrons. The summed E-state index contributed by atoms with van der Waals surface area (Å²) in [6.07, 6.45) is 10.5. The zero-order valence-corrected chi connectivity index (χ0v) is 17.4. The van der Waals surface area contributed by atoms with Gasteiger partial charge in [-0.2, -0.15) is 0 Å². The molecular formula is C22H32N4O3. The van der Waals surface area contributed by atoms with E-state index in [1.165, 1.54) is 58.0 Å². The van der Waals surface area contributed by atoms with Crippen LogP contribution in [0.3, 0.4) is 0 Å². The number of carbonyl (C=O) groups excluding carboxylic acids is 2. The molecule has 3 saturated heterocycles. The van der Waals surface area contributed by atoms with Gasteiger partial charge in [0, 0.05) is 25.6 Å². The number of carbonyl (C=O) groups is 2. The van der Waals surface area contributed by atoms with E-state index in [0.29, 0.717) is 30.3 Å². The largest absolute Gasteiger partial charge is 0.448 e. The van der Waals surface area contributed by atoms with Crippen molar-refractivity contribution in [2.24, 2.45) is 5.92 Å². The monoisotopic (exact) mass is 400 g/mol. The Labute approximate surface area is 172 Å². The third kappa shape index (κ3) is 3.47. The highest BCUT2D eigenvalue weighted by Gasteiger charge is 2.49. The lowest BCUT2D eigenvalue weighted by Crippen LogP contribution is -2.45. The maximum Gasteiger partial charge on any atom is 0.276 e. The summed E-state index contributed by atoms with van der Waals surface area (Å²) in [5.41, 5.74) is 0.385. The first-order chi connectivity index (χ1) is 14.1. The lowest BCUT2D eigenvalue weighted by atomic mass is 9.94. The van der Waals surface area contributed by atoms with Gasteiger partial charge in [0.15, 0.2) is 12.1 Å². The summed E-state index contributed by atoms with van der Waals surface area (Å²) in [6, 6.07) is 0.972. The van der Waals surface area contributed by atoms with Gasteiger partial charge in [-0.15, -0.1) is 0 Å². The fourth-order valence-electron chi connectivity index (χ4n) is 6.11. The molecule has 7 nitrogen and oxygen atoms in total. The van der Waals surface area contributed by atoms with E-state index < -0.39 is 0 Å². The van der Waals surface area contributed by atoms with Crippen LogP contribution in [0.2, 0.25) is 0 Å². The maximum atomic E-state index is 12.9. The number of hydrogen-bond donors (Lipinski definition) is 0. The molecule has 2 amide bonds. The van der Waals surface area contributed by atoms with Crippen molar-refractivity contribution in [3.63, 3.8) is 0 Å². The number of hydrogen-bond acceptors (Lipinski definition) is 5. The molecule has 4 fully saturated rings. The van der Waals surface area contributed by atoms with Crippen molar-refractivity contribution < 1.29 is 14.0 Å². The Balaban J connectivity index is 1.19. The van der Waals surface area contributed by atoms with Crippen molar-refractivity contribution in [2.75, 3.05) is 26.2 Å². The molecule has 1 aromatic heterocycles. The van der Waals surface area contributed by atoms with Gasteiger partial charge in [0.2, 0.25) is 5.91 Å². The van der Waals surface area contributed by atoms with Crippen LogP contribution < -0.4 is 0 Å². The van der Waals surface area contributed by atoms with Gasteiger partial charge < -0.3 is 19.1 Å². The average Bonchev–Trinajstić information content (AvgIpc) is 3.50. The summed E-state index contributed by atoms with van der Waals surface area (Å²) < 4.78 is 5.20. The first-order valence-electron chi connectivity index (χ1n) is 11.4. The number of aryl methyl sites for hydroxylation is 1. The number of amides is 2. The Hall–Kier alpha value is -1.89. The third-order valence-corrected chi connectivity index (χ3v) is 7.77. The molecule has 0 unspecified atom stereocenters. The minimum atomic E-state index is -0.0942. The number of nitrogens with zero attached hydrogens (tertiary/aromatic N) is 4. The van der Waals surface area contributed by atoms with Crippen LogP contribution in [-0.2, 0) is 4.79 Å². The van der Waals surface area contributed by atoms with E-state index >= 15 is 0 Å². The fourth-order valence-corrected chi connectivity index (χ4v) is 6.11. The van der Waals surface area contributed by atoms with Gasteiger partial charge in [-0.05, 0) is 58.0 Å². The van der Waals surface area contributed by atoms with Crippen molar-refractivity contribution in [1.29, 1.82) is 0 Å². The van der Waals surface area contributed by atoms with Gasteiger partial charge in [-0.3, -0.25) is 9.59 Å². The Morgan fingerprint density at radius 3 is 2.55 bits per heavy atom. The molecule has 0 N–H and O–H groups in total. The number of piperidine rings is 1. The molecule has 0 aromatic carbocycles. The second-order valence-corrected chi connectivity index (χ2v) is 9.35. The molecule has 0 radical (unpaired) electrons. The van der Waals surface area contributed by atoms with E-state index in [1.54, 1.807) is 6.92 Å². The van der Waals surface area contributed by atoms with Crippen molar-refractivity contribution >= 4 is 11.8 Å². The number of likely N-dealkylation sites (tertiary alicyclic amines) is 3. The van der Waals surface area contributed by atoms with Gasteiger partial charge in [0.25, 0.3) is 5.91 Å². The van der Waals surface area contributed by atoms with E-state index in [2.05, 4.69) is 14.8 Å². The van der Waals surface area contributed by atoms with Crippen molar-refractivity contribution in [3.05, 3.63) is 17.8 Å². The lowest BCUT2D eigenvalue weighted by molar-refractivity contribution is -0.130. The summed E-state index contributed by atoms with van der Waals surface area (Å²) >= 11 is 0. The zero-order valence-electron chi connectivity index (χ0n) is 17.4. The third-order valence-electron chi connectivity index (χ3n) is 7.77. The number of aromatic nitrogens is 1. The first kappa shape index (κ1) is 19.1. The highest BCUT2D eigenvalue weighted by molar-refractivity contribution is 5.94. The molecule has 29 heavy (non-hydrogen) atoms. The maximum absolute atomic E-state index is 12.9. The molecule has 1 saturated carbocycles. The van der Waals surface area contributed by atoms with Crippen LogP contribution in [0.5, 0.6) is 0 Å². The molecule has 0 bridgehead atoms. The van der Waals surface area contributed by atoms with Crippen LogP contribution in [0.4, 0.5) is 0 Å². The van der Waals surface area contributed by atoms with Crippen LogP contribution in [0.25, 0.3) is 0 Å². The minimum absolute atomic E-state index is 0.00956. The predicted molar refractivity (Wildman–Crippen MR) is 107 cm³/mol. The topological polar surface area (TPSA) is 69.9 Å². The summed E-state index contributed by atoms with van der Waals surface area (Å²) in [5, 5.41) is 0. The minimum Gasteiger partial charge on any atom is -0.448 e. The molecular weight excluding hydrogens is 368 g/mol. The number of oxazole rings is 1. The first-order valence-corrected chi connectivity index (χ1v) is 11.4. The highest BCUT2D eigenvalue weighted by atomic mass is 16.3. The molecule has 0 spiro atoms. The predicted octanol–water partition coefficient (Wildman–Crippen LogP) is 2.45. The lowest BCUT2D eigenvalue weighted by Gasteiger charge is -2.38. The van der Waals surface area contributed by atoms with Gasteiger partial charge >= 0.3 is 0 Å². The van der Waals surface area contributed by atoms with Crippen molar-refractivity contribution in [3.8, 4) is 0 Å². The number of rotatable bonds is 4. The summed E-state index contributed by atoms with van der Waals surface area (Å²) in [6.45, 7) is 5.69. The smallest absolute Gasteiger partial charge is 0.276 e. The quantitative estimate of drug-likeness (QED) is 0.777. The normalized spacial score (nSPS) is 29.2. The van der Waals surface area contributed by atoms with Gasteiger partial charge in [-0.1, -0.05) is 12.8 Å². The van der Waals surface area contributed by atoms with Gasteiger partial charge in [0.05, 0.1) is 12.1 Å². The molecule has 2 atom stereocenters. The molecule has 1 aliphatic carbocycles. The SMILES string of the molecule is Cc1ocnc1C(=O)N1CC[C@H]2[C@@H]1CC(=O)N2CC1CCN(C2CCCC2)CC1. The van der Waals surface area contributed by atoms with E-state index in [1.807, 2.05) is 4.90 Å². The highest BCUT2D eigenvalue weighted by Crippen LogP contribution is 2.35. The second-order valence-electron chi connectivity index (χ2n) is 9.35. The summed E-state index contributed by atoms with van der Waals surface area (Å²) in [4.78, 5) is 36.4. The molecule has 5 rings (SSSR count). The Kier molecular flexibility index (Phi) is 5.10. The van der Waals surface area contributed by atoms with Crippen LogP contribution in [-0.4, -0.2) is 75.8 Å². The van der Waals surface area contributed by atoms with Crippen LogP contribution in [0.15, 0.2) is 10.8 Å². The van der Waals surface area contributed by atoms with Crippen LogP contribution in [0, 0.1) is 12.8 Å². The zero-order chi connectivity index (χ0) is 20.0. The molecule has 4 aliphatic rings. The average molecular weight is 401 g/mol. The van der Waals surface area contributed by atoms with E-state index in [-0.39, 0.29) is 23.9 Å². The molecule has 1 aromatic rings. The Bertz CT molecular complexity index is 764. The van der Waals surface area contributed by atoms with Gasteiger partial charge in [-0.25, -0.2) is 4.98 Å². The van der Waals surface area contributed by atoms with Crippen LogP contribution in [0.1, 0.15) is 67.6 Å². The number of fused-ring (bicyclic) bond motifs is 1. The molecule has 7 heteroatoms. The Morgan fingerprint density at radius 2 is 1.86 bits per heavy atom. The van der Waals surface area contributed by atoms with Crippen molar-refractivity contribution in [1.82, 2.24) is 19.7 Å². The van der Waals surface area contributed by atoms with E-state index in [0.717, 1.165) is 19.0 Å². The summed E-state index contributed by atoms with van der Waals surface area (Å²) in [5.74, 6) is 1.27. The van der Waals surface area contributed by atoms with Crippen LogP contribution >= 0.6 is 0 Å². The van der Waals surface area contributed by atoms with E-state index in [4.69, 9.17) is 4.42 Å².